The van der Waals surface area contributed by atoms with E-state index in [9.17, 15) is 5.11 Å². The molecule has 2 heterocycles. The second-order valence-corrected chi connectivity index (χ2v) is 5.50. The maximum absolute atomic E-state index is 9.18. The van der Waals surface area contributed by atoms with Gasteiger partial charge in [-0.05, 0) is 46.8 Å². The Labute approximate surface area is 96.7 Å². The first kappa shape index (κ1) is 10.6. The Hall–Kier alpha value is 0.100. The molecule has 14 heavy (non-hydrogen) atoms. The maximum Gasteiger partial charge on any atom is 0.0587 e. The van der Waals surface area contributed by atoms with Gasteiger partial charge in [-0.1, -0.05) is 0 Å². The number of likely N-dealkylation sites (tertiary alicyclic amines) is 1. The molecule has 1 aliphatic heterocycles. The van der Waals surface area contributed by atoms with Gasteiger partial charge in [-0.15, -0.1) is 11.3 Å². The summed E-state index contributed by atoms with van der Waals surface area (Å²) in [5, 5.41) is 11.3. The van der Waals surface area contributed by atoms with Crippen molar-refractivity contribution in [3.05, 3.63) is 20.8 Å². The van der Waals surface area contributed by atoms with E-state index in [4.69, 9.17) is 0 Å². The SMILES string of the molecule is OC[C@H]1CCCN1Cc1sccc1Br. The zero-order valence-electron chi connectivity index (χ0n) is 7.95. The predicted octanol–water partition coefficient (Wildman–Crippen LogP) is 2.47. The second-order valence-electron chi connectivity index (χ2n) is 3.64. The van der Waals surface area contributed by atoms with Crippen LogP contribution in [0.2, 0.25) is 0 Å². The number of aliphatic hydroxyl groups excluding tert-OH is 1. The fourth-order valence-electron chi connectivity index (χ4n) is 1.93. The van der Waals surface area contributed by atoms with Gasteiger partial charge in [-0.3, -0.25) is 4.90 Å². The van der Waals surface area contributed by atoms with Crippen LogP contribution >= 0.6 is 27.3 Å². The van der Waals surface area contributed by atoms with Gasteiger partial charge in [-0.25, -0.2) is 0 Å². The zero-order valence-corrected chi connectivity index (χ0v) is 10.4. The molecule has 0 spiro atoms. The highest BCUT2D eigenvalue weighted by Gasteiger charge is 2.24. The molecule has 2 rings (SSSR count). The summed E-state index contributed by atoms with van der Waals surface area (Å²) >= 11 is 5.32. The van der Waals surface area contributed by atoms with Crippen molar-refractivity contribution in [1.29, 1.82) is 0 Å². The van der Waals surface area contributed by atoms with Crippen molar-refractivity contribution in [2.45, 2.75) is 25.4 Å². The van der Waals surface area contributed by atoms with Gasteiger partial charge >= 0.3 is 0 Å². The summed E-state index contributed by atoms with van der Waals surface area (Å²) in [6, 6.07) is 2.47. The van der Waals surface area contributed by atoms with E-state index in [-0.39, 0.29) is 0 Å². The molecule has 0 aliphatic carbocycles. The van der Waals surface area contributed by atoms with Crippen molar-refractivity contribution < 1.29 is 5.11 Å². The van der Waals surface area contributed by atoms with Crippen molar-refractivity contribution in [2.24, 2.45) is 0 Å². The molecule has 78 valence electrons. The van der Waals surface area contributed by atoms with Crippen LogP contribution in [-0.2, 0) is 6.54 Å². The number of aliphatic hydroxyl groups is 1. The summed E-state index contributed by atoms with van der Waals surface area (Å²) in [4.78, 5) is 3.74. The maximum atomic E-state index is 9.18. The van der Waals surface area contributed by atoms with Crippen LogP contribution in [0.4, 0.5) is 0 Å². The van der Waals surface area contributed by atoms with Crippen LogP contribution in [0, 0.1) is 0 Å². The topological polar surface area (TPSA) is 23.5 Å². The van der Waals surface area contributed by atoms with E-state index < -0.39 is 0 Å². The summed E-state index contributed by atoms with van der Waals surface area (Å²) in [6.07, 6.45) is 2.35. The molecule has 1 N–H and O–H groups in total. The van der Waals surface area contributed by atoms with Gasteiger partial charge in [0, 0.05) is 21.9 Å². The van der Waals surface area contributed by atoms with Crippen LogP contribution in [0.3, 0.4) is 0 Å². The lowest BCUT2D eigenvalue weighted by Gasteiger charge is -2.21. The quantitative estimate of drug-likeness (QED) is 0.916. The van der Waals surface area contributed by atoms with Crippen LogP contribution in [-0.4, -0.2) is 29.2 Å². The van der Waals surface area contributed by atoms with Gasteiger partial charge < -0.3 is 5.11 Å². The summed E-state index contributed by atoms with van der Waals surface area (Å²) in [7, 11) is 0. The molecule has 0 bridgehead atoms. The molecule has 1 saturated heterocycles. The number of hydrogen-bond acceptors (Lipinski definition) is 3. The van der Waals surface area contributed by atoms with E-state index in [2.05, 4.69) is 32.3 Å². The van der Waals surface area contributed by atoms with Gasteiger partial charge in [0.2, 0.25) is 0 Å². The first-order chi connectivity index (χ1) is 6.81. The zero-order chi connectivity index (χ0) is 9.97. The van der Waals surface area contributed by atoms with Crippen molar-refractivity contribution in [2.75, 3.05) is 13.2 Å². The van der Waals surface area contributed by atoms with Gasteiger partial charge in [0.1, 0.15) is 0 Å². The van der Waals surface area contributed by atoms with Gasteiger partial charge in [0.15, 0.2) is 0 Å². The van der Waals surface area contributed by atoms with Crippen LogP contribution in [0.1, 0.15) is 17.7 Å². The fraction of sp³-hybridized carbons (Fsp3) is 0.600. The smallest absolute Gasteiger partial charge is 0.0587 e. The Morgan fingerprint density at radius 3 is 3.14 bits per heavy atom. The van der Waals surface area contributed by atoms with E-state index in [0.717, 1.165) is 19.5 Å². The molecule has 2 nitrogen and oxygen atoms in total. The highest BCUT2D eigenvalue weighted by Crippen LogP contribution is 2.27. The molecule has 0 saturated carbocycles. The van der Waals surface area contributed by atoms with Crippen molar-refractivity contribution in [3.8, 4) is 0 Å². The fourth-order valence-corrected chi connectivity index (χ4v) is 3.43. The highest BCUT2D eigenvalue weighted by molar-refractivity contribution is 9.10. The van der Waals surface area contributed by atoms with Gasteiger partial charge in [0.05, 0.1) is 6.61 Å². The minimum absolute atomic E-state index is 0.295. The standard InChI is InChI=1S/C10H14BrNOS/c11-9-3-5-14-10(9)6-12-4-1-2-8(12)7-13/h3,5,8,13H,1-2,4,6-7H2/t8-/m1/s1. The predicted molar refractivity (Wildman–Crippen MR) is 62.5 cm³/mol. The number of nitrogens with zero attached hydrogens (tertiary/aromatic N) is 1. The molecular formula is C10H14BrNOS. The second kappa shape index (κ2) is 4.75. The molecule has 1 aromatic heterocycles. The van der Waals surface area contributed by atoms with Crippen molar-refractivity contribution >= 4 is 27.3 Å². The third-order valence-electron chi connectivity index (χ3n) is 2.75. The Morgan fingerprint density at radius 2 is 2.50 bits per heavy atom. The first-order valence-corrected chi connectivity index (χ1v) is 6.55. The van der Waals surface area contributed by atoms with E-state index in [1.54, 1.807) is 11.3 Å². The largest absolute Gasteiger partial charge is 0.395 e. The van der Waals surface area contributed by atoms with Crippen LogP contribution in [0.25, 0.3) is 0 Å². The molecule has 0 aromatic carbocycles. The Bertz CT molecular complexity index is 302. The highest BCUT2D eigenvalue weighted by atomic mass is 79.9. The number of rotatable bonds is 3. The average Bonchev–Trinajstić information content (AvgIpc) is 2.77. The molecule has 1 aliphatic rings. The van der Waals surface area contributed by atoms with Crippen LogP contribution in [0.15, 0.2) is 15.9 Å². The first-order valence-electron chi connectivity index (χ1n) is 4.88. The van der Waals surface area contributed by atoms with Crippen molar-refractivity contribution in [3.63, 3.8) is 0 Å². The minimum atomic E-state index is 0.295. The summed E-state index contributed by atoms with van der Waals surface area (Å²) in [6.45, 7) is 2.39. The molecule has 0 unspecified atom stereocenters. The lowest BCUT2D eigenvalue weighted by molar-refractivity contribution is 0.154. The van der Waals surface area contributed by atoms with E-state index in [1.807, 2.05) is 0 Å². The normalized spacial score (nSPS) is 23.1. The Balaban J connectivity index is 2.00. The Morgan fingerprint density at radius 1 is 1.64 bits per heavy atom. The average molecular weight is 276 g/mol. The lowest BCUT2D eigenvalue weighted by atomic mass is 10.2. The molecule has 0 radical (unpaired) electrons. The van der Waals surface area contributed by atoms with Crippen LogP contribution in [0.5, 0.6) is 0 Å². The third-order valence-corrected chi connectivity index (χ3v) is 4.66. The number of halogens is 1. The van der Waals surface area contributed by atoms with Crippen molar-refractivity contribution in [1.82, 2.24) is 4.90 Å². The molecule has 1 atom stereocenters. The third kappa shape index (κ3) is 2.19. The van der Waals surface area contributed by atoms with E-state index in [1.165, 1.54) is 15.8 Å². The minimum Gasteiger partial charge on any atom is -0.395 e. The number of thiophene rings is 1. The van der Waals surface area contributed by atoms with E-state index in [0.29, 0.717) is 12.6 Å². The van der Waals surface area contributed by atoms with Gasteiger partial charge in [-0.2, -0.15) is 0 Å². The number of hydrogen-bond donors (Lipinski definition) is 1. The molecule has 4 heteroatoms. The monoisotopic (exact) mass is 275 g/mol. The van der Waals surface area contributed by atoms with Crippen LogP contribution < -0.4 is 0 Å². The molecular weight excluding hydrogens is 262 g/mol. The lowest BCUT2D eigenvalue weighted by Crippen LogP contribution is -2.31. The molecule has 0 amide bonds. The van der Waals surface area contributed by atoms with E-state index >= 15 is 0 Å². The molecule has 1 fully saturated rings. The van der Waals surface area contributed by atoms with Gasteiger partial charge in [0.25, 0.3) is 0 Å². The summed E-state index contributed by atoms with van der Waals surface area (Å²) < 4.78 is 1.20. The molecule has 1 aromatic rings. The summed E-state index contributed by atoms with van der Waals surface area (Å²) in [5.74, 6) is 0. The summed E-state index contributed by atoms with van der Waals surface area (Å²) in [5.41, 5.74) is 0. The Kier molecular flexibility index (Phi) is 3.60.